The van der Waals surface area contributed by atoms with E-state index in [2.05, 4.69) is 30.1 Å². The molecule has 0 bridgehead atoms. The van der Waals surface area contributed by atoms with Crippen LogP contribution < -0.4 is 5.32 Å². The molecule has 0 aromatic heterocycles. The van der Waals surface area contributed by atoms with Gasteiger partial charge in [-0.25, -0.2) is 0 Å². The molecule has 3 heteroatoms. The van der Waals surface area contributed by atoms with E-state index in [0.29, 0.717) is 19.6 Å². The van der Waals surface area contributed by atoms with Crippen LogP contribution >= 0.6 is 0 Å². The molecule has 0 radical (unpaired) electrons. The van der Waals surface area contributed by atoms with Crippen LogP contribution in [0.1, 0.15) is 12.0 Å². The summed E-state index contributed by atoms with van der Waals surface area (Å²) in [7, 11) is 0. The Bertz CT molecular complexity index is 465. The lowest BCUT2D eigenvalue weighted by Gasteiger charge is -2.26. The summed E-state index contributed by atoms with van der Waals surface area (Å²) >= 11 is 0. The van der Waals surface area contributed by atoms with Gasteiger partial charge in [0, 0.05) is 19.6 Å². The number of hydrogen-bond acceptors (Lipinski definition) is 2. The van der Waals surface area contributed by atoms with E-state index in [1.165, 1.54) is 11.1 Å². The minimum absolute atomic E-state index is 0.158. The third-order valence-electron chi connectivity index (χ3n) is 3.27. The molecule has 3 nitrogen and oxygen atoms in total. The van der Waals surface area contributed by atoms with Crippen molar-refractivity contribution in [2.24, 2.45) is 0 Å². The molecule has 0 saturated heterocycles. The van der Waals surface area contributed by atoms with Crippen molar-refractivity contribution in [3.8, 4) is 0 Å². The molecule has 0 saturated carbocycles. The molecule has 0 fully saturated rings. The Kier molecular flexibility index (Phi) is 4.93. The van der Waals surface area contributed by atoms with E-state index in [1.54, 1.807) is 6.08 Å². The van der Waals surface area contributed by atoms with Gasteiger partial charge >= 0.3 is 0 Å². The second-order valence-electron chi connectivity index (χ2n) is 4.60. The average Bonchev–Trinajstić information content (AvgIpc) is 2.48. The van der Waals surface area contributed by atoms with Gasteiger partial charge < -0.3 is 10.2 Å². The maximum atomic E-state index is 11.9. The smallest absolute Gasteiger partial charge is 0.236 e. The van der Waals surface area contributed by atoms with Crippen molar-refractivity contribution in [2.75, 3.05) is 26.2 Å². The van der Waals surface area contributed by atoms with E-state index in [1.807, 2.05) is 23.1 Å². The summed E-state index contributed by atoms with van der Waals surface area (Å²) in [5.41, 5.74) is 2.60. The van der Waals surface area contributed by atoms with E-state index in [0.717, 1.165) is 13.0 Å². The first-order chi connectivity index (χ1) is 9.31. The van der Waals surface area contributed by atoms with Crippen LogP contribution in [0.25, 0.3) is 5.57 Å². The lowest BCUT2D eigenvalue weighted by Crippen LogP contribution is -2.40. The van der Waals surface area contributed by atoms with E-state index in [4.69, 9.17) is 0 Å². The fraction of sp³-hybridized carbons (Fsp3) is 0.312. The van der Waals surface area contributed by atoms with Crippen LogP contribution in [0.2, 0.25) is 0 Å². The van der Waals surface area contributed by atoms with Gasteiger partial charge in [0.25, 0.3) is 0 Å². The molecular formula is C16H20N2O. The zero-order chi connectivity index (χ0) is 13.5. The van der Waals surface area contributed by atoms with Crippen LogP contribution in [0, 0.1) is 0 Å². The van der Waals surface area contributed by atoms with Crippen molar-refractivity contribution in [1.82, 2.24) is 10.2 Å². The van der Waals surface area contributed by atoms with Gasteiger partial charge in [-0.3, -0.25) is 4.79 Å². The largest absolute Gasteiger partial charge is 0.338 e. The Morgan fingerprint density at radius 2 is 2.16 bits per heavy atom. The zero-order valence-corrected chi connectivity index (χ0v) is 11.1. The molecule has 100 valence electrons. The normalized spacial score (nSPS) is 14.9. The standard InChI is InChI=1S/C16H20N2O/c1-2-10-17-13-16(19)18-11-8-15(9-12-18)14-6-4-3-5-7-14/h2-8,17H,1,9-13H2. The Morgan fingerprint density at radius 1 is 1.37 bits per heavy atom. The Morgan fingerprint density at radius 3 is 2.79 bits per heavy atom. The maximum absolute atomic E-state index is 11.9. The monoisotopic (exact) mass is 256 g/mol. The first kappa shape index (κ1) is 13.6. The van der Waals surface area contributed by atoms with Crippen molar-refractivity contribution in [3.05, 3.63) is 54.6 Å². The van der Waals surface area contributed by atoms with Gasteiger partial charge in [-0.15, -0.1) is 6.58 Å². The molecule has 1 aromatic carbocycles. The molecule has 0 spiro atoms. The Balaban J connectivity index is 1.89. The second-order valence-corrected chi connectivity index (χ2v) is 4.60. The highest BCUT2D eigenvalue weighted by Gasteiger charge is 2.16. The van der Waals surface area contributed by atoms with E-state index in [-0.39, 0.29) is 5.91 Å². The van der Waals surface area contributed by atoms with Gasteiger partial charge in [0.15, 0.2) is 0 Å². The third kappa shape index (κ3) is 3.80. The highest BCUT2D eigenvalue weighted by Crippen LogP contribution is 2.21. The molecule has 0 unspecified atom stereocenters. The van der Waals surface area contributed by atoms with Gasteiger partial charge in [0.1, 0.15) is 0 Å². The fourth-order valence-corrected chi connectivity index (χ4v) is 2.20. The first-order valence-electron chi connectivity index (χ1n) is 6.65. The first-order valence-corrected chi connectivity index (χ1v) is 6.65. The topological polar surface area (TPSA) is 32.3 Å². The Hall–Kier alpha value is -1.87. The molecule has 1 amide bonds. The molecule has 1 N–H and O–H groups in total. The van der Waals surface area contributed by atoms with Gasteiger partial charge in [-0.05, 0) is 17.6 Å². The van der Waals surface area contributed by atoms with Gasteiger partial charge in [0.05, 0.1) is 6.54 Å². The lowest BCUT2D eigenvalue weighted by molar-refractivity contribution is -0.129. The van der Waals surface area contributed by atoms with Crippen molar-refractivity contribution in [3.63, 3.8) is 0 Å². The predicted molar refractivity (Wildman–Crippen MR) is 78.7 cm³/mol. The average molecular weight is 256 g/mol. The van der Waals surface area contributed by atoms with Gasteiger partial charge in [0.2, 0.25) is 5.91 Å². The molecule has 1 aliphatic rings. The molecule has 1 heterocycles. The number of rotatable bonds is 5. The molecule has 0 atom stereocenters. The summed E-state index contributed by atoms with van der Waals surface area (Å²) in [6.45, 7) is 6.19. The maximum Gasteiger partial charge on any atom is 0.236 e. The summed E-state index contributed by atoms with van der Waals surface area (Å²) in [4.78, 5) is 13.8. The van der Waals surface area contributed by atoms with Gasteiger partial charge in [-0.2, -0.15) is 0 Å². The molecule has 0 aliphatic carbocycles. The highest BCUT2D eigenvalue weighted by atomic mass is 16.2. The highest BCUT2D eigenvalue weighted by molar-refractivity contribution is 5.80. The molecule has 1 aromatic rings. The summed E-state index contributed by atoms with van der Waals surface area (Å²) in [6.07, 6.45) is 4.85. The molecule has 19 heavy (non-hydrogen) atoms. The van der Waals surface area contributed by atoms with Crippen molar-refractivity contribution >= 4 is 11.5 Å². The van der Waals surface area contributed by atoms with Crippen LogP contribution in [0.5, 0.6) is 0 Å². The number of hydrogen-bond donors (Lipinski definition) is 1. The number of benzene rings is 1. The van der Waals surface area contributed by atoms with E-state index < -0.39 is 0 Å². The summed E-state index contributed by atoms with van der Waals surface area (Å²) in [6, 6.07) is 10.4. The second kappa shape index (κ2) is 6.90. The van der Waals surface area contributed by atoms with Crippen LogP contribution in [-0.2, 0) is 4.79 Å². The lowest BCUT2D eigenvalue weighted by atomic mass is 9.99. The summed E-state index contributed by atoms with van der Waals surface area (Å²) in [5, 5.41) is 3.05. The van der Waals surface area contributed by atoms with Crippen molar-refractivity contribution in [1.29, 1.82) is 0 Å². The summed E-state index contributed by atoms with van der Waals surface area (Å²) in [5.74, 6) is 0.158. The number of nitrogens with one attached hydrogen (secondary N) is 1. The number of carbonyl (C=O) groups is 1. The van der Waals surface area contributed by atoms with E-state index in [9.17, 15) is 4.79 Å². The molecular weight excluding hydrogens is 236 g/mol. The van der Waals surface area contributed by atoms with Gasteiger partial charge in [-0.1, -0.05) is 42.5 Å². The number of carbonyl (C=O) groups excluding carboxylic acids is 1. The zero-order valence-electron chi connectivity index (χ0n) is 11.1. The van der Waals surface area contributed by atoms with Crippen LogP contribution in [0.4, 0.5) is 0 Å². The molecule has 2 rings (SSSR count). The van der Waals surface area contributed by atoms with Crippen LogP contribution in [0.15, 0.2) is 49.1 Å². The predicted octanol–water partition coefficient (Wildman–Crippen LogP) is 2.08. The fourth-order valence-electron chi connectivity index (χ4n) is 2.20. The van der Waals surface area contributed by atoms with Crippen LogP contribution in [0.3, 0.4) is 0 Å². The quantitative estimate of drug-likeness (QED) is 0.646. The summed E-state index contributed by atoms with van der Waals surface area (Å²) < 4.78 is 0. The molecule has 1 aliphatic heterocycles. The minimum atomic E-state index is 0.158. The minimum Gasteiger partial charge on any atom is -0.338 e. The van der Waals surface area contributed by atoms with Crippen molar-refractivity contribution < 1.29 is 4.79 Å². The number of nitrogens with zero attached hydrogens (tertiary/aromatic N) is 1. The number of amides is 1. The van der Waals surface area contributed by atoms with Crippen molar-refractivity contribution in [2.45, 2.75) is 6.42 Å². The third-order valence-corrected chi connectivity index (χ3v) is 3.27. The van der Waals surface area contributed by atoms with Crippen LogP contribution in [-0.4, -0.2) is 37.0 Å². The van der Waals surface area contributed by atoms with E-state index >= 15 is 0 Å². The Labute approximate surface area is 114 Å². The SMILES string of the molecule is C=CCNCC(=O)N1CC=C(c2ccccc2)CC1.